The van der Waals surface area contributed by atoms with Gasteiger partial charge in [-0.25, -0.2) is 4.98 Å². The van der Waals surface area contributed by atoms with Gasteiger partial charge in [0.25, 0.3) is 5.69 Å². The van der Waals surface area contributed by atoms with Crippen molar-refractivity contribution in [3.8, 4) is 0 Å². The van der Waals surface area contributed by atoms with Gasteiger partial charge in [-0.3, -0.25) is 14.9 Å². The summed E-state index contributed by atoms with van der Waals surface area (Å²) in [5.74, 6) is -0.438. The van der Waals surface area contributed by atoms with E-state index in [0.29, 0.717) is 10.3 Å². The highest BCUT2D eigenvalue weighted by Crippen LogP contribution is 2.26. The molecule has 0 bridgehead atoms. The van der Waals surface area contributed by atoms with Crippen molar-refractivity contribution in [3.05, 3.63) is 26.9 Å². The lowest BCUT2D eigenvalue weighted by molar-refractivity contribution is -0.385. The fourth-order valence-electron chi connectivity index (χ4n) is 1.17. The summed E-state index contributed by atoms with van der Waals surface area (Å²) in [5, 5.41) is 19.1. The van der Waals surface area contributed by atoms with Gasteiger partial charge in [-0.05, 0) is 15.9 Å². The van der Waals surface area contributed by atoms with Gasteiger partial charge < -0.3 is 10.0 Å². The minimum atomic E-state index is -0.908. The first-order chi connectivity index (χ1) is 7.91. The molecule has 8 heteroatoms. The first-order valence-corrected chi connectivity index (χ1v) is 5.44. The van der Waals surface area contributed by atoms with E-state index in [1.165, 1.54) is 6.07 Å². The zero-order chi connectivity index (χ0) is 13.0. The van der Waals surface area contributed by atoms with E-state index >= 15 is 0 Å². The van der Waals surface area contributed by atoms with Crippen LogP contribution in [-0.4, -0.2) is 34.6 Å². The van der Waals surface area contributed by atoms with Crippen LogP contribution in [0.4, 0.5) is 11.5 Å². The average molecular weight is 304 g/mol. The summed E-state index contributed by atoms with van der Waals surface area (Å²) < 4.78 is 0.458. The lowest BCUT2D eigenvalue weighted by atomic mass is 10.3. The Bertz CT molecular complexity index is 452. The molecular weight excluding hydrogens is 294 g/mol. The molecule has 0 fully saturated rings. The zero-order valence-corrected chi connectivity index (χ0v) is 10.5. The summed E-state index contributed by atoms with van der Waals surface area (Å²) in [4.78, 5) is 25.9. The van der Waals surface area contributed by atoms with Gasteiger partial charge in [0.2, 0.25) is 0 Å². The first kappa shape index (κ1) is 13.4. The minimum Gasteiger partial charge on any atom is -0.481 e. The van der Waals surface area contributed by atoms with Crippen LogP contribution in [0, 0.1) is 10.1 Å². The summed E-state index contributed by atoms with van der Waals surface area (Å²) in [7, 11) is 1.67. The predicted octanol–water partition coefficient (Wildman–Crippen LogP) is 1.66. The Morgan fingerprint density at radius 2 is 2.35 bits per heavy atom. The number of hydrogen-bond donors (Lipinski definition) is 1. The SMILES string of the molecule is CN(CCC(=O)O)c1ncc([N+](=O)[O-])cc1Br. The van der Waals surface area contributed by atoms with E-state index in [9.17, 15) is 14.9 Å². The van der Waals surface area contributed by atoms with Crippen molar-refractivity contribution in [1.29, 1.82) is 0 Å². The smallest absolute Gasteiger partial charge is 0.305 e. The fraction of sp³-hybridized carbons (Fsp3) is 0.333. The standard InChI is InChI=1S/C9H10BrN3O4/c1-12(3-2-8(14)15)9-7(10)4-6(5-11-9)13(16)17/h4-5H,2-3H2,1H3,(H,14,15). The fourth-order valence-corrected chi connectivity index (χ4v) is 1.81. The molecule has 0 aromatic carbocycles. The quantitative estimate of drug-likeness (QED) is 0.656. The number of nitrogens with zero attached hydrogens (tertiary/aromatic N) is 3. The van der Waals surface area contributed by atoms with Gasteiger partial charge in [-0.15, -0.1) is 0 Å². The molecule has 0 spiro atoms. The Hall–Kier alpha value is -1.70. The summed E-state index contributed by atoms with van der Waals surface area (Å²) in [6, 6.07) is 1.33. The molecule has 0 atom stereocenters. The number of halogens is 1. The maximum absolute atomic E-state index is 10.5. The third-order valence-electron chi connectivity index (χ3n) is 2.04. The van der Waals surface area contributed by atoms with Crippen LogP contribution in [0.5, 0.6) is 0 Å². The maximum atomic E-state index is 10.5. The van der Waals surface area contributed by atoms with E-state index in [2.05, 4.69) is 20.9 Å². The largest absolute Gasteiger partial charge is 0.481 e. The van der Waals surface area contributed by atoms with Gasteiger partial charge >= 0.3 is 5.97 Å². The van der Waals surface area contributed by atoms with Crippen LogP contribution in [0.15, 0.2) is 16.7 Å². The number of carboxylic acids is 1. The molecule has 1 heterocycles. The number of nitro groups is 1. The third kappa shape index (κ3) is 3.66. The molecule has 1 aromatic heterocycles. The van der Waals surface area contributed by atoms with Crippen LogP contribution in [0.25, 0.3) is 0 Å². The van der Waals surface area contributed by atoms with Crippen LogP contribution >= 0.6 is 15.9 Å². The molecule has 0 aliphatic carbocycles. The molecule has 0 amide bonds. The van der Waals surface area contributed by atoms with E-state index in [0.717, 1.165) is 6.20 Å². The third-order valence-corrected chi connectivity index (χ3v) is 2.62. The number of pyridine rings is 1. The van der Waals surface area contributed by atoms with Crippen molar-refractivity contribution in [2.75, 3.05) is 18.5 Å². The van der Waals surface area contributed by atoms with Crippen molar-refractivity contribution in [2.24, 2.45) is 0 Å². The summed E-state index contributed by atoms with van der Waals surface area (Å²) in [5.41, 5.74) is -0.118. The van der Waals surface area contributed by atoms with Crippen LogP contribution in [-0.2, 0) is 4.79 Å². The molecule has 0 saturated heterocycles. The number of carboxylic acid groups (broad SMARTS) is 1. The number of anilines is 1. The number of aliphatic carboxylic acids is 1. The summed E-state index contributed by atoms with van der Waals surface area (Å²) in [6.07, 6.45) is 1.11. The van der Waals surface area contributed by atoms with Gasteiger partial charge in [0.05, 0.1) is 15.8 Å². The molecule has 1 aromatic rings. The molecule has 1 N–H and O–H groups in total. The Balaban J connectivity index is 2.84. The molecule has 0 radical (unpaired) electrons. The second kappa shape index (κ2) is 5.58. The van der Waals surface area contributed by atoms with E-state index in [1.807, 2.05) is 0 Å². The van der Waals surface area contributed by atoms with Crippen molar-refractivity contribution >= 4 is 33.4 Å². The first-order valence-electron chi connectivity index (χ1n) is 4.64. The number of rotatable bonds is 5. The molecule has 0 aliphatic rings. The van der Waals surface area contributed by atoms with Crippen LogP contribution < -0.4 is 4.90 Å². The van der Waals surface area contributed by atoms with Gasteiger partial charge in [-0.1, -0.05) is 0 Å². The van der Waals surface area contributed by atoms with Crippen molar-refractivity contribution in [3.63, 3.8) is 0 Å². The molecule has 92 valence electrons. The van der Waals surface area contributed by atoms with E-state index in [1.54, 1.807) is 11.9 Å². The monoisotopic (exact) mass is 303 g/mol. The Kier molecular flexibility index (Phi) is 4.38. The van der Waals surface area contributed by atoms with Crippen LogP contribution in [0.2, 0.25) is 0 Å². The van der Waals surface area contributed by atoms with E-state index < -0.39 is 10.9 Å². The lowest BCUT2D eigenvalue weighted by Crippen LogP contribution is -2.22. The second-order valence-corrected chi connectivity index (χ2v) is 4.18. The lowest BCUT2D eigenvalue weighted by Gasteiger charge is -2.17. The topological polar surface area (TPSA) is 96.6 Å². The normalized spacial score (nSPS) is 10.0. The number of aromatic nitrogens is 1. The predicted molar refractivity (Wildman–Crippen MR) is 64.1 cm³/mol. The minimum absolute atomic E-state index is 0.0262. The molecule has 7 nitrogen and oxygen atoms in total. The van der Waals surface area contributed by atoms with Gasteiger partial charge in [-0.2, -0.15) is 0 Å². The van der Waals surface area contributed by atoms with Crippen LogP contribution in [0.1, 0.15) is 6.42 Å². The van der Waals surface area contributed by atoms with Crippen LogP contribution in [0.3, 0.4) is 0 Å². The second-order valence-electron chi connectivity index (χ2n) is 3.32. The number of hydrogen-bond acceptors (Lipinski definition) is 5. The molecule has 0 saturated carbocycles. The Labute approximate surface area is 105 Å². The molecule has 17 heavy (non-hydrogen) atoms. The van der Waals surface area contributed by atoms with E-state index in [-0.39, 0.29) is 18.7 Å². The molecule has 0 unspecified atom stereocenters. The van der Waals surface area contributed by atoms with Gasteiger partial charge in [0, 0.05) is 19.7 Å². The van der Waals surface area contributed by atoms with Crippen molar-refractivity contribution in [1.82, 2.24) is 4.98 Å². The Morgan fingerprint density at radius 1 is 1.71 bits per heavy atom. The molecule has 0 aliphatic heterocycles. The summed E-state index contributed by atoms with van der Waals surface area (Å²) >= 11 is 3.17. The number of carbonyl (C=O) groups is 1. The maximum Gasteiger partial charge on any atom is 0.305 e. The highest BCUT2D eigenvalue weighted by atomic mass is 79.9. The summed E-state index contributed by atoms with van der Waals surface area (Å²) in [6.45, 7) is 0.277. The van der Waals surface area contributed by atoms with Crippen molar-refractivity contribution in [2.45, 2.75) is 6.42 Å². The zero-order valence-electron chi connectivity index (χ0n) is 8.96. The Morgan fingerprint density at radius 3 is 2.82 bits per heavy atom. The highest BCUT2D eigenvalue weighted by molar-refractivity contribution is 9.10. The van der Waals surface area contributed by atoms with E-state index in [4.69, 9.17) is 5.11 Å². The van der Waals surface area contributed by atoms with Gasteiger partial charge in [0.1, 0.15) is 12.0 Å². The average Bonchev–Trinajstić information content (AvgIpc) is 2.25. The highest BCUT2D eigenvalue weighted by Gasteiger charge is 2.13. The van der Waals surface area contributed by atoms with Gasteiger partial charge in [0.15, 0.2) is 0 Å². The molecule has 1 rings (SSSR count). The van der Waals surface area contributed by atoms with Crippen molar-refractivity contribution < 1.29 is 14.8 Å². The molecular formula is C9H10BrN3O4.